The molecule has 10 heteroatoms. The largest absolute Gasteiger partial charge is 0.465 e. The van der Waals surface area contributed by atoms with Crippen LogP contribution in [0.25, 0.3) is 22.4 Å². The van der Waals surface area contributed by atoms with Crippen molar-refractivity contribution >= 4 is 45.2 Å². The Morgan fingerprint density at radius 2 is 2.08 bits per heavy atom. The number of aromatic nitrogens is 3. The van der Waals surface area contributed by atoms with Crippen molar-refractivity contribution in [3.63, 3.8) is 0 Å². The molecule has 0 aliphatic heterocycles. The van der Waals surface area contributed by atoms with E-state index in [-0.39, 0.29) is 5.56 Å². The van der Waals surface area contributed by atoms with Crippen LogP contribution in [0.4, 0.5) is 5.00 Å². The standard InChI is InChI=1S/C26H24N4O5S/c1-14-5-7-17-20(10-14)36-24(22(17)26(33)34-2)30-21(31)13-35-25(32)15-6-8-18-19(11-15)29-23(28-18)16-4-3-9-27-12-16/h3-4,6,8-9,11-12,14H,5,7,10,13H2,1-2H3,(H,28,29)(H,30,31). The van der Waals surface area contributed by atoms with Gasteiger partial charge in [-0.05, 0) is 61.1 Å². The topological polar surface area (TPSA) is 123 Å². The molecule has 1 aliphatic rings. The van der Waals surface area contributed by atoms with Crippen LogP contribution in [0.3, 0.4) is 0 Å². The molecule has 0 saturated heterocycles. The van der Waals surface area contributed by atoms with Gasteiger partial charge in [0.2, 0.25) is 0 Å². The Morgan fingerprint density at radius 3 is 2.86 bits per heavy atom. The van der Waals surface area contributed by atoms with Crippen LogP contribution in [0.2, 0.25) is 0 Å². The zero-order valence-corrected chi connectivity index (χ0v) is 20.6. The van der Waals surface area contributed by atoms with Crippen molar-refractivity contribution in [1.82, 2.24) is 15.0 Å². The molecule has 0 bridgehead atoms. The third-order valence-electron chi connectivity index (χ3n) is 6.14. The molecule has 36 heavy (non-hydrogen) atoms. The van der Waals surface area contributed by atoms with E-state index in [1.54, 1.807) is 30.6 Å². The third kappa shape index (κ3) is 4.72. The van der Waals surface area contributed by atoms with Crippen LogP contribution in [-0.2, 0) is 27.1 Å². The Morgan fingerprint density at radius 1 is 1.22 bits per heavy atom. The number of methoxy groups -OCH3 is 1. The molecule has 9 nitrogen and oxygen atoms in total. The maximum absolute atomic E-state index is 12.6. The average molecular weight is 505 g/mol. The van der Waals surface area contributed by atoms with Crippen molar-refractivity contribution in [2.24, 2.45) is 5.92 Å². The van der Waals surface area contributed by atoms with Crippen LogP contribution in [0.1, 0.15) is 44.5 Å². The van der Waals surface area contributed by atoms with Crippen LogP contribution in [-0.4, -0.2) is 46.5 Å². The summed E-state index contributed by atoms with van der Waals surface area (Å²) in [5.74, 6) is -0.497. The van der Waals surface area contributed by atoms with Gasteiger partial charge in [-0.15, -0.1) is 11.3 Å². The Hall–Kier alpha value is -4.05. The van der Waals surface area contributed by atoms with Gasteiger partial charge in [-0.1, -0.05) is 6.92 Å². The van der Waals surface area contributed by atoms with Crippen molar-refractivity contribution in [3.05, 3.63) is 64.3 Å². The Bertz CT molecular complexity index is 1460. The number of hydrogen-bond donors (Lipinski definition) is 2. The van der Waals surface area contributed by atoms with Crippen molar-refractivity contribution < 1.29 is 23.9 Å². The number of H-pyrrole nitrogens is 1. The summed E-state index contributed by atoms with van der Waals surface area (Å²) in [5.41, 5.74) is 3.80. The number of nitrogens with zero attached hydrogens (tertiary/aromatic N) is 2. The zero-order chi connectivity index (χ0) is 25.2. The lowest BCUT2D eigenvalue weighted by Gasteiger charge is -2.18. The molecule has 3 aromatic heterocycles. The normalized spacial score (nSPS) is 14.8. The van der Waals surface area contributed by atoms with Gasteiger partial charge in [-0.2, -0.15) is 0 Å². The number of carbonyl (C=O) groups excluding carboxylic acids is 3. The quantitative estimate of drug-likeness (QED) is 0.373. The highest BCUT2D eigenvalue weighted by molar-refractivity contribution is 7.17. The molecule has 0 fully saturated rings. The summed E-state index contributed by atoms with van der Waals surface area (Å²) < 4.78 is 10.2. The van der Waals surface area contributed by atoms with Crippen molar-refractivity contribution in [2.45, 2.75) is 26.2 Å². The molecule has 184 valence electrons. The van der Waals surface area contributed by atoms with Crippen molar-refractivity contribution in [3.8, 4) is 11.4 Å². The molecule has 1 aliphatic carbocycles. The molecule has 0 spiro atoms. The first-order valence-corrected chi connectivity index (χ1v) is 12.3. The fourth-order valence-corrected chi connectivity index (χ4v) is 5.73. The molecule has 1 aromatic carbocycles. The number of benzene rings is 1. The van der Waals surface area contributed by atoms with Gasteiger partial charge in [-0.3, -0.25) is 9.78 Å². The van der Waals surface area contributed by atoms with E-state index in [4.69, 9.17) is 9.47 Å². The lowest BCUT2D eigenvalue weighted by Crippen LogP contribution is -2.22. The number of hydrogen-bond acceptors (Lipinski definition) is 8. The van der Waals surface area contributed by atoms with Crippen LogP contribution >= 0.6 is 11.3 Å². The monoisotopic (exact) mass is 504 g/mol. The highest BCUT2D eigenvalue weighted by Crippen LogP contribution is 2.40. The number of anilines is 1. The number of imidazole rings is 1. The molecule has 3 heterocycles. The minimum atomic E-state index is -0.642. The smallest absolute Gasteiger partial charge is 0.341 e. The third-order valence-corrected chi connectivity index (χ3v) is 7.31. The Kier molecular flexibility index (Phi) is 6.51. The maximum Gasteiger partial charge on any atom is 0.341 e. The van der Waals surface area contributed by atoms with Crippen molar-refractivity contribution in [2.75, 3.05) is 19.0 Å². The van der Waals surface area contributed by atoms with Gasteiger partial charge >= 0.3 is 11.9 Å². The van der Waals surface area contributed by atoms with Gasteiger partial charge in [0.15, 0.2) is 6.61 Å². The number of nitrogens with one attached hydrogen (secondary N) is 2. The van der Waals surface area contributed by atoms with Crippen LogP contribution in [0.15, 0.2) is 42.7 Å². The average Bonchev–Trinajstić information content (AvgIpc) is 3.47. The maximum atomic E-state index is 12.6. The van der Waals surface area contributed by atoms with Crippen LogP contribution in [0, 0.1) is 5.92 Å². The van der Waals surface area contributed by atoms with Gasteiger partial charge in [0.25, 0.3) is 5.91 Å². The van der Waals surface area contributed by atoms with Crippen molar-refractivity contribution in [1.29, 1.82) is 0 Å². The highest BCUT2D eigenvalue weighted by atomic mass is 32.1. The van der Waals surface area contributed by atoms with Crippen LogP contribution in [0.5, 0.6) is 0 Å². The second-order valence-electron chi connectivity index (χ2n) is 8.73. The number of amides is 1. The second-order valence-corrected chi connectivity index (χ2v) is 9.84. The minimum Gasteiger partial charge on any atom is -0.465 e. The van der Waals surface area contributed by atoms with E-state index in [0.717, 1.165) is 35.3 Å². The first-order chi connectivity index (χ1) is 17.4. The van der Waals surface area contributed by atoms with E-state index >= 15 is 0 Å². The number of thiophene rings is 1. The Balaban J connectivity index is 1.26. The molecule has 1 amide bonds. The van der Waals surface area contributed by atoms with Gasteiger partial charge in [-0.25, -0.2) is 14.6 Å². The Labute approximate surface area is 210 Å². The molecular formula is C26H24N4O5S. The second kappa shape index (κ2) is 9.90. The molecule has 2 N–H and O–H groups in total. The van der Waals surface area contributed by atoms with Gasteiger partial charge in [0.1, 0.15) is 10.8 Å². The van der Waals surface area contributed by atoms with Gasteiger partial charge in [0, 0.05) is 22.8 Å². The van der Waals surface area contributed by atoms with Gasteiger partial charge < -0.3 is 19.8 Å². The fourth-order valence-electron chi connectivity index (χ4n) is 4.31. The predicted octanol–water partition coefficient (Wildman–Crippen LogP) is 4.39. The van der Waals surface area contributed by atoms with E-state index in [0.29, 0.717) is 33.3 Å². The van der Waals surface area contributed by atoms with Crippen LogP contribution < -0.4 is 5.32 Å². The molecular weight excluding hydrogens is 480 g/mol. The number of pyridine rings is 1. The van der Waals surface area contributed by atoms with E-state index in [1.165, 1.54) is 18.4 Å². The number of esters is 2. The van der Waals surface area contributed by atoms with E-state index < -0.39 is 24.5 Å². The molecule has 4 aromatic rings. The number of fused-ring (bicyclic) bond motifs is 2. The number of ether oxygens (including phenoxy) is 2. The van der Waals surface area contributed by atoms with E-state index in [9.17, 15) is 14.4 Å². The van der Waals surface area contributed by atoms with Gasteiger partial charge in [0.05, 0.1) is 29.3 Å². The zero-order valence-electron chi connectivity index (χ0n) is 19.8. The number of aromatic amines is 1. The summed E-state index contributed by atoms with van der Waals surface area (Å²) in [6.45, 7) is 1.68. The first kappa shape index (κ1) is 23.7. The fraction of sp³-hybridized carbons (Fsp3) is 0.269. The minimum absolute atomic E-state index is 0.285. The summed E-state index contributed by atoms with van der Waals surface area (Å²) in [7, 11) is 1.32. The summed E-state index contributed by atoms with van der Waals surface area (Å²) in [5, 5.41) is 3.17. The molecule has 1 unspecified atom stereocenters. The highest BCUT2D eigenvalue weighted by Gasteiger charge is 2.29. The predicted molar refractivity (Wildman–Crippen MR) is 135 cm³/mol. The molecule has 0 radical (unpaired) electrons. The molecule has 5 rings (SSSR count). The SMILES string of the molecule is COC(=O)c1c(NC(=O)COC(=O)c2ccc3nc(-c4cccnc4)[nH]c3c2)sc2c1CCC(C)C2. The molecule has 0 saturated carbocycles. The lowest BCUT2D eigenvalue weighted by molar-refractivity contribution is -0.119. The molecule has 1 atom stereocenters. The number of carbonyl (C=O) groups is 3. The van der Waals surface area contributed by atoms with E-state index in [1.807, 2.05) is 12.1 Å². The summed E-state index contributed by atoms with van der Waals surface area (Å²) in [6.07, 6.45) is 5.97. The summed E-state index contributed by atoms with van der Waals surface area (Å²) >= 11 is 1.38. The lowest BCUT2D eigenvalue weighted by atomic mass is 9.88. The van der Waals surface area contributed by atoms with E-state index in [2.05, 4.69) is 27.2 Å². The number of rotatable bonds is 6. The first-order valence-electron chi connectivity index (χ1n) is 11.5. The summed E-state index contributed by atoms with van der Waals surface area (Å²) in [6, 6.07) is 8.64. The summed E-state index contributed by atoms with van der Waals surface area (Å²) in [4.78, 5) is 50.5.